The second kappa shape index (κ2) is 8.17. The number of furan rings is 1. The fraction of sp³-hybridized carbons (Fsp3) is 0.125. The minimum Gasteiger partial charge on any atom is -0.459 e. The first kappa shape index (κ1) is 16.8. The molecule has 3 N–H and O–H groups in total. The van der Waals surface area contributed by atoms with E-state index >= 15 is 0 Å². The molecule has 0 aliphatic heterocycles. The Morgan fingerprint density at radius 3 is 2.57 bits per heavy atom. The predicted octanol–water partition coefficient (Wildman–Crippen LogP) is 1.81. The molecule has 0 atom stereocenters. The number of aliphatic hydroxyl groups is 1. The minimum absolute atomic E-state index is 0.0298. The molecular weight excluding hydrogens is 320 g/mol. The van der Waals surface area contributed by atoms with Crippen molar-refractivity contribution >= 4 is 29.5 Å². The van der Waals surface area contributed by atoms with E-state index in [0.29, 0.717) is 10.6 Å². The summed E-state index contributed by atoms with van der Waals surface area (Å²) in [5.41, 5.74) is 0.713. The number of aliphatic hydroxyl groups excluding tert-OH is 1. The van der Waals surface area contributed by atoms with Crippen LogP contribution in [0.2, 0.25) is 5.02 Å². The highest BCUT2D eigenvalue weighted by atomic mass is 35.5. The molecule has 23 heavy (non-hydrogen) atoms. The number of carbonyl (C=O) groups excluding carboxylic acids is 2. The van der Waals surface area contributed by atoms with Crippen LogP contribution < -0.4 is 10.6 Å². The molecule has 0 saturated heterocycles. The SMILES string of the molecule is O=C(NCCO)/C(=C/c1ccc(Cl)cc1)NC(=O)c1ccco1. The van der Waals surface area contributed by atoms with Gasteiger partial charge in [0.15, 0.2) is 5.76 Å². The number of carbonyl (C=O) groups is 2. The van der Waals surface area contributed by atoms with E-state index in [2.05, 4.69) is 10.6 Å². The highest BCUT2D eigenvalue weighted by Gasteiger charge is 2.15. The molecule has 0 fully saturated rings. The van der Waals surface area contributed by atoms with Gasteiger partial charge in [-0.1, -0.05) is 23.7 Å². The average Bonchev–Trinajstić information content (AvgIpc) is 3.08. The van der Waals surface area contributed by atoms with Gasteiger partial charge in [-0.3, -0.25) is 9.59 Å². The second-order valence-corrected chi connectivity index (χ2v) is 4.96. The first-order valence-corrected chi connectivity index (χ1v) is 7.19. The Hall–Kier alpha value is -2.57. The molecular formula is C16H15ClN2O4. The molecule has 0 radical (unpaired) electrons. The van der Waals surface area contributed by atoms with Crippen LogP contribution >= 0.6 is 11.6 Å². The van der Waals surface area contributed by atoms with Crippen molar-refractivity contribution < 1.29 is 19.1 Å². The lowest BCUT2D eigenvalue weighted by molar-refractivity contribution is -0.117. The van der Waals surface area contributed by atoms with E-state index in [1.807, 2.05) is 0 Å². The quantitative estimate of drug-likeness (QED) is 0.703. The molecule has 0 spiro atoms. The fourth-order valence-corrected chi connectivity index (χ4v) is 1.87. The van der Waals surface area contributed by atoms with Crippen LogP contribution in [-0.2, 0) is 4.79 Å². The molecule has 2 aromatic rings. The molecule has 1 aromatic heterocycles. The third kappa shape index (κ3) is 4.98. The highest BCUT2D eigenvalue weighted by Crippen LogP contribution is 2.12. The van der Waals surface area contributed by atoms with Crippen molar-refractivity contribution in [2.45, 2.75) is 0 Å². The van der Waals surface area contributed by atoms with Crippen molar-refractivity contribution in [2.24, 2.45) is 0 Å². The first-order valence-electron chi connectivity index (χ1n) is 6.81. The number of hydrogen-bond donors (Lipinski definition) is 3. The van der Waals surface area contributed by atoms with E-state index in [0.717, 1.165) is 0 Å². The molecule has 0 saturated carbocycles. The average molecular weight is 335 g/mol. The molecule has 0 bridgehead atoms. The van der Waals surface area contributed by atoms with E-state index < -0.39 is 11.8 Å². The summed E-state index contributed by atoms with van der Waals surface area (Å²) in [6.45, 7) is -0.125. The molecule has 7 heteroatoms. The number of benzene rings is 1. The summed E-state index contributed by atoms with van der Waals surface area (Å²) < 4.78 is 4.99. The van der Waals surface area contributed by atoms with Crippen molar-refractivity contribution in [2.75, 3.05) is 13.2 Å². The first-order chi connectivity index (χ1) is 11.1. The molecule has 0 aliphatic rings. The zero-order valence-corrected chi connectivity index (χ0v) is 12.8. The van der Waals surface area contributed by atoms with Gasteiger partial charge in [0.2, 0.25) is 0 Å². The molecule has 6 nitrogen and oxygen atoms in total. The largest absolute Gasteiger partial charge is 0.459 e. The van der Waals surface area contributed by atoms with Crippen LogP contribution in [0.4, 0.5) is 0 Å². The number of amides is 2. The van der Waals surface area contributed by atoms with E-state index in [1.54, 1.807) is 30.3 Å². The molecule has 0 aliphatic carbocycles. The summed E-state index contributed by atoms with van der Waals surface area (Å²) in [6.07, 6.45) is 2.87. The third-order valence-corrected chi connectivity index (χ3v) is 3.07. The van der Waals surface area contributed by atoms with Gasteiger partial charge in [0.1, 0.15) is 5.70 Å². The van der Waals surface area contributed by atoms with Gasteiger partial charge >= 0.3 is 0 Å². The van der Waals surface area contributed by atoms with Crippen LogP contribution in [0, 0.1) is 0 Å². The monoisotopic (exact) mass is 334 g/mol. The summed E-state index contributed by atoms with van der Waals surface area (Å²) in [7, 11) is 0. The molecule has 1 heterocycles. The summed E-state index contributed by atoms with van der Waals surface area (Å²) in [4.78, 5) is 24.2. The van der Waals surface area contributed by atoms with Gasteiger partial charge in [-0.25, -0.2) is 0 Å². The molecule has 1 aromatic carbocycles. The maximum atomic E-state index is 12.1. The van der Waals surface area contributed by atoms with Crippen LogP contribution in [0.5, 0.6) is 0 Å². The normalized spacial score (nSPS) is 11.1. The summed E-state index contributed by atoms with van der Waals surface area (Å²) >= 11 is 5.82. The lowest BCUT2D eigenvalue weighted by Gasteiger charge is -2.09. The Balaban J connectivity index is 2.22. The van der Waals surface area contributed by atoms with Crippen LogP contribution in [0.15, 0.2) is 52.8 Å². The van der Waals surface area contributed by atoms with Gasteiger partial charge in [0.25, 0.3) is 11.8 Å². The van der Waals surface area contributed by atoms with Crippen molar-refractivity contribution in [1.82, 2.24) is 10.6 Å². The molecule has 0 unspecified atom stereocenters. The standard InChI is InChI=1S/C16H15ClN2O4/c17-12-5-3-11(4-6-12)10-13(15(21)18-7-8-20)19-16(22)14-2-1-9-23-14/h1-6,9-10,20H,7-8H2,(H,18,21)(H,19,22)/b13-10-. The Bertz CT molecular complexity index is 693. The van der Waals surface area contributed by atoms with Crippen molar-refractivity contribution in [1.29, 1.82) is 0 Å². The number of rotatable bonds is 6. The number of halogens is 1. The maximum absolute atomic E-state index is 12.1. The van der Waals surface area contributed by atoms with Crippen molar-refractivity contribution in [3.05, 3.63) is 64.7 Å². The zero-order valence-electron chi connectivity index (χ0n) is 12.1. The van der Waals surface area contributed by atoms with Crippen LogP contribution in [0.25, 0.3) is 6.08 Å². The van der Waals surface area contributed by atoms with Gasteiger partial charge in [0, 0.05) is 11.6 Å². The predicted molar refractivity (Wildman–Crippen MR) is 85.7 cm³/mol. The zero-order chi connectivity index (χ0) is 16.7. The Morgan fingerprint density at radius 1 is 1.22 bits per heavy atom. The van der Waals surface area contributed by atoms with Crippen LogP contribution in [0.1, 0.15) is 16.1 Å². The topological polar surface area (TPSA) is 91.6 Å². The van der Waals surface area contributed by atoms with E-state index in [-0.39, 0.29) is 24.6 Å². The minimum atomic E-state index is -0.547. The van der Waals surface area contributed by atoms with Crippen molar-refractivity contribution in [3.63, 3.8) is 0 Å². The molecule has 2 rings (SSSR count). The van der Waals surface area contributed by atoms with Gasteiger partial charge in [-0.05, 0) is 35.9 Å². The van der Waals surface area contributed by atoms with Gasteiger partial charge < -0.3 is 20.2 Å². The molecule has 2 amide bonds. The molecule has 120 valence electrons. The Labute approximate surface area is 137 Å². The summed E-state index contributed by atoms with van der Waals surface area (Å²) in [6, 6.07) is 9.82. The number of nitrogens with one attached hydrogen (secondary N) is 2. The van der Waals surface area contributed by atoms with Crippen LogP contribution in [-0.4, -0.2) is 30.1 Å². The lowest BCUT2D eigenvalue weighted by atomic mass is 10.2. The van der Waals surface area contributed by atoms with Crippen molar-refractivity contribution in [3.8, 4) is 0 Å². The van der Waals surface area contributed by atoms with E-state index in [9.17, 15) is 9.59 Å². The van der Waals surface area contributed by atoms with Gasteiger partial charge in [0.05, 0.1) is 12.9 Å². The smallest absolute Gasteiger partial charge is 0.291 e. The second-order valence-electron chi connectivity index (χ2n) is 4.52. The van der Waals surface area contributed by atoms with Crippen LogP contribution in [0.3, 0.4) is 0 Å². The lowest BCUT2D eigenvalue weighted by Crippen LogP contribution is -2.36. The summed E-state index contributed by atoms with van der Waals surface area (Å²) in [5.74, 6) is -0.981. The van der Waals surface area contributed by atoms with E-state index in [1.165, 1.54) is 18.4 Å². The third-order valence-electron chi connectivity index (χ3n) is 2.82. The highest BCUT2D eigenvalue weighted by molar-refractivity contribution is 6.30. The Kier molecular flexibility index (Phi) is 5.96. The van der Waals surface area contributed by atoms with Gasteiger partial charge in [-0.2, -0.15) is 0 Å². The fourth-order valence-electron chi connectivity index (χ4n) is 1.74. The van der Waals surface area contributed by atoms with E-state index in [4.69, 9.17) is 21.1 Å². The Morgan fingerprint density at radius 2 is 1.96 bits per heavy atom. The number of hydrogen-bond acceptors (Lipinski definition) is 4. The van der Waals surface area contributed by atoms with Gasteiger partial charge in [-0.15, -0.1) is 0 Å². The maximum Gasteiger partial charge on any atom is 0.291 e. The summed E-state index contributed by atoms with van der Waals surface area (Å²) in [5, 5.41) is 14.3.